The lowest BCUT2D eigenvalue weighted by atomic mass is 10.0. The van der Waals surface area contributed by atoms with Crippen LogP contribution in [0.2, 0.25) is 0 Å². The number of nitrogens with one attached hydrogen (secondary N) is 1. The van der Waals surface area contributed by atoms with Crippen molar-refractivity contribution in [2.45, 2.75) is 38.8 Å². The third kappa shape index (κ3) is 7.30. The van der Waals surface area contributed by atoms with E-state index >= 15 is 0 Å². The van der Waals surface area contributed by atoms with Crippen LogP contribution in [0.1, 0.15) is 43.7 Å². The predicted octanol–water partition coefficient (Wildman–Crippen LogP) is 3.58. The van der Waals surface area contributed by atoms with Gasteiger partial charge < -0.3 is 19.7 Å². The Hall–Kier alpha value is -2.95. The fourth-order valence-electron chi connectivity index (χ4n) is 4.39. The number of hydrogen-bond acceptors (Lipinski definition) is 7. The Labute approximate surface area is 223 Å². The largest absolute Gasteiger partial charge is 0.497 e. The van der Waals surface area contributed by atoms with Crippen molar-refractivity contribution in [3.63, 3.8) is 0 Å². The highest BCUT2D eigenvalue weighted by molar-refractivity contribution is 7.12. The van der Waals surface area contributed by atoms with E-state index < -0.39 is 5.54 Å². The van der Waals surface area contributed by atoms with Crippen LogP contribution in [-0.2, 0) is 9.53 Å². The number of morpholine rings is 1. The molecule has 0 bridgehead atoms. The zero-order valence-corrected chi connectivity index (χ0v) is 22.9. The van der Waals surface area contributed by atoms with Gasteiger partial charge in [-0.3, -0.25) is 9.69 Å². The molecule has 2 aromatic rings. The fourth-order valence-corrected chi connectivity index (χ4v) is 5.11. The number of carbonyl (C=O) groups excluding carboxylic acids is 2. The maximum Gasteiger partial charge on any atom is 0.318 e. The van der Waals surface area contributed by atoms with E-state index in [4.69, 9.17) is 14.6 Å². The van der Waals surface area contributed by atoms with Gasteiger partial charge in [-0.2, -0.15) is 5.10 Å². The van der Waals surface area contributed by atoms with Gasteiger partial charge in [-0.25, -0.2) is 9.80 Å². The minimum atomic E-state index is -0.416. The van der Waals surface area contributed by atoms with Crippen molar-refractivity contribution in [1.82, 2.24) is 20.1 Å². The number of benzene rings is 1. The molecule has 4 rings (SSSR count). The van der Waals surface area contributed by atoms with Crippen LogP contribution in [0.15, 0.2) is 46.9 Å². The molecule has 0 unspecified atom stereocenters. The normalized spacial score (nSPS) is 18.4. The molecule has 2 aliphatic heterocycles. The average Bonchev–Trinajstić information content (AvgIpc) is 3.56. The van der Waals surface area contributed by atoms with E-state index in [1.807, 2.05) is 62.5 Å². The minimum absolute atomic E-state index is 0.0554. The number of nitrogens with zero attached hydrogens (tertiary/aromatic N) is 4. The summed E-state index contributed by atoms with van der Waals surface area (Å²) in [5, 5.41) is 11.3. The molecule has 1 aromatic carbocycles. The molecule has 10 heteroatoms. The summed E-state index contributed by atoms with van der Waals surface area (Å²) >= 11 is 1.61. The summed E-state index contributed by atoms with van der Waals surface area (Å²) in [6.45, 7) is 9.89. The van der Waals surface area contributed by atoms with Crippen LogP contribution >= 0.6 is 11.3 Å². The number of methoxy groups -OCH3 is 1. The highest BCUT2D eigenvalue weighted by Gasteiger charge is 2.35. The summed E-state index contributed by atoms with van der Waals surface area (Å²) in [5.41, 5.74) is 1.44. The second-order valence-corrected chi connectivity index (χ2v) is 11.3. The van der Waals surface area contributed by atoms with E-state index in [0.29, 0.717) is 32.7 Å². The van der Waals surface area contributed by atoms with E-state index in [1.165, 1.54) is 0 Å². The van der Waals surface area contributed by atoms with Crippen molar-refractivity contribution < 1.29 is 19.1 Å². The number of rotatable bonds is 8. The molecule has 1 saturated heterocycles. The fraction of sp³-hybridized carbons (Fsp3) is 0.519. The van der Waals surface area contributed by atoms with E-state index in [2.05, 4.69) is 10.2 Å². The third-order valence-corrected chi connectivity index (χ3v) is 7.28. The van der Waals surface area contributed by atoms with Gasteiger partial charge in [-0.1, -0.05) is 18.2 Å². The van der Waals surface area contributed by atoms with Crippen LogP contribution in [0.4, 0.5) is 4.79 Å². The summed E-state index contributed by atoms with van der Waals surface area (Å²) in [7, 11) is 1.63. The van der Waals surface area contributed by atoms with Gasteiger partial charge in [0.2, 0.25) is 0 Å². The number of thiophene rings is 1. The molecule has 3 amide bonds. The maximum absolute atomic E-state index is 13.7. The van der Waals surface area contributed by atoms with Gasteiger partial charge in [0.25, 0.3) is 5.91 Å². The Balaban J connectivity index is 1.54. The summed E-state index contributed by atoms with van der Waals surface area (Å²) in [6.07, 6.45) is 0.612. The van der Waals surface area contributed by atoms with Gasteiger partial charge in [0.15, 0.2) is 0 Å². The number of amides is 3. The maximum atomic E-state index is 13.7. The topological polar surface area (TPSA) is 86.7 Å². The lowest BCUT2D eigenvalue weighted by Gasteiger charge is -2.32. The van der Waals surface area contributed by atoms with Gasteiger partial charge in [0.1, 0.15) is 12.3 Å². The molecule has 3 heterocycles. The van der Waals surface area contributed by atoms with Crippen molar-refractivity contribution in [3.8, 4) is 5.75 Å². The highest BCUT2D eigenvalue weighted by atomic mass is 32.1. The van der Waals surface area contributed by atoms with Crippen molar-refractivity contribution in [2.24, 2.45) is 5.10 Å². The van der Waals surface area contributed by atoms with Gasteiger partial charge in [0.05, 0.1) is 37.0 Å². The van der Waals surface area contributed by atoms with Crippen molar-refractivity contribution in [3.05, 3.63) is 52.2 Å². The van der Waals surface area contributed by atoms with Crippen molar-refractivity contribution >= 4 is 29.0 Å². The number of ether oxygens (including phenoxy) is 2. The Bertz CT molecular complexity index is 1080. The molecule has 1 aromatic heterocycles. The molecule has 200 valence electrons. The molecule has 0 radical (unpaired) electrons. The van der Waals surface area contributed by atoms with Crippen LogP contribution in [-0.4, -0.2) is 91.0 Å². The molecule has 0 spiro atoms. The van der Waals surface area contributed by atoms with Crippen LogP contribution in [0.25, 0.3) is 0 Å². The summed E-state index contributed by atoms with van der Waals surface area (Å²) in [5.74, 6) is 0.547. The zero-order valence-electron chi connectivity index (χ0n) is 22.1. The summed E-state index contributed by atoms with van der Waals surface area (Å²) in [4.78, 5) is 31.9. The minimum Gasteiger partial charge on any atom is -0.497 e. The molecule has 1 N–H and O–H groups in total. The standard InChI is InChI=1S/C27H37N5O4S/c1-27(2,3)28-26(34)31(12-11-30-13-15-36-16-14-30)19-25(33)32-23(20-7-9-21(35-4)10-8-20)18-22(29-32)24-6-5-17-37-24/h5-10,17,23H,11-16,18-19H2,1-4H3,(H,28,34)/t23-/m1/s1. The molecule has 1 atom stereocenters. The number of urea groups is 1. The lowest BCUT2D eigenvalue weighted by molar-refractivity contribution is -0.133. The first kappa shape index (κ1) is 27.1. The Morgan fingerprint density at radius 2 is 1.92 bits per heavy atom. The molecular formula is C27H37N5O4S. The van der Waals surface area contributed by atoms with Crippen molar-refractivity contribution in [1.29, 1.82) is 0 Å². The molecule has 1 fully saturated rings. The third-order valence-electron chi connectivity index (χ3n) is 6.36. The lowest BCUT2D eigenvalue weighted by Crippen LogP contribution is -2.53. The number of carbonyl (C=O) groups is 2. The van der Waals surface area contributed by atoms with Gasteiger partial charge in [0, 0.05) is 38.1 Å². The van der Waals surface area contributed by atoms with Gasteiger partial charge in [-0.15, -0.1) is 11.3 Å². The first-order chi connectivity index (χ1) is 17.7. The first-order valence-corrected chi connectivity index (χ1v) is 13.6. The molecule has 9 nitrogen and oxygen atoms in total. The highest BCUT2D eigenvalue weighted by Crippen LogP contribution is 2.34. The second kappa shape index (κ2) is 12.1. The quantitative estimate of drug-likeness (QED) is 0.567. The zero-order chi connectivity index (χ0) is 26.4. The Kier molecular flexibility index (Phi) is 8.83. The molecule has 37 heavy (non-hydrogen) atoms. The smallest absolute Gasteiger partial charge is 0.318 e. The van der Waals surface area contributed by atoms with Gasteiger partial charge in [-0.05, 0) is 49.9 Å². The molecular weight excluding hydrogens is 490 g/mol. The second-order valence-electron chi connectivity index (χ2n) is 10.3. The van der Waals surface area contributed by atoms with Crippen molar-refractivity contribution in [2.75, 3.05) is 53.0 Å². The molecule has 2 aliphatic rings. The van der Waals surface area contributed by atoms with E-state index in [0.717, 1.165) is 35.0 Å². The number of hydrazone groups is 1. The average molecular weight is 528 g/mol. The monoisotopic (exact) mass is 527 g/mol. The summed E-state index contributed by atoms with van der Waals surface area (Å²) < 4.78 is 10.8. The van der Waals surface area contributed by atoms with Crippen LogP contribution in [0, 0.1) is 0 Å². The van der Waals surface area contributed by atoms with E-state index in [9.17, 15) is 9.59 Å². The van der Waals surface area contributed by atoms with Gasteiger partial charge >= 0.3 is 6.03 Å². The number of hydrogen-bond donors (Lipinski definition) is 1. The Morgan fingerprint density at radius 1 is 1.19 bits per heavy atom. The van der Waals surface area contributed by atoms with Crippen LogP contribution in [0.5, 0.6) is 5.75 Å². The van der Waals surface area contributed by atoms with Crippen LogP contribution in [0.3, 0.4) is 0 Å². The first-order valence-electron chi connectivity index (χ1n) is 12.7. The summed E-state index contributed by atoms with van der Waals surface area (Å²) in [6, 6.07) is 11.2. The van der Waals surface area contributed by atoms with Crippen LogP contribution < -0.4 is 10.1 Å². The molecule has 0 aliphatic carbocycles. The van der Waals surface area contributed by atoms with E-state index in [-0.39, 0.29) is 24.5 Å². The predicted molar refractivity (Wildman–Crippen MR) is 145 cm³/mol. The Morgan fingerprint density at radius 3 is 2.54 bits per heavy atom. The van der Waals surface area contributed by atoms with E-state index in [1.54, 1.807) is 28.4 Å². The SMILES string of the molecule is COc1ccc([C@H]2CC(c3cccs3)=NN2C(=O)CN(CCN2CCOCC2)C(=O)NC(C)(C)C)cc1. The molecule has 0 saturated carbocycles.